The van der Waals surface area contributed by atoms with E-state index < -0.39 is 5.54 Å². The van der Waals surface area contributed by atoms with E-state index in [4.69, 9.17) is 10.5 Å². The summed E-state index contributed by atoms with van der Waals surface area (Å²) in [7, 11) is 0. The molecule has 0 radical (unpaired) electrons. The largest absolute Gasteiger partial charge is 0.379 e. The van der Waals surface area contributed by atoms with Gasteiger partial charge in [0.25, 0.3) is 0 Å². The highest BCUT2D eigenvalue weighted by Gasteiger charge is 2.38. The zero-order valence-corrected chi connectivity index (χ0v) is 10.5. The number of amides is 1. The number of benzene rings is 1. The van der Waals surface area contributed by atoms with Crippen LogP contribution in [0, 0.1) is 0 Å². The number of nitrogens with two attached hydrogens (primary N) is 1. The lowest BCUT2D eigenvalue weighted by molar-refractivity contribution is -0.121. The average Bonchev–Trinajstić information content (AvgIpc) is 2.98. The van der Waals surface area contributed by atoms with E-state index >= 15 is 0 Å². The third-order valence-electron chi connectivity index (χ3n) is 3.09. The maximum absolute atomic E-state index is 12.1. The summed E-state index contributed by atoms with van der Waals surface area (Å²) in [5.74, 6) is -0.191. The number of thiazole rings is 1. The normalized spacial score (nSPS) is 23.4. The Morgan fingerprint density at radius 1 is 1.56 bits per heavy atom. The van der Waals surface area contributed by atoms with Crippen LogP contribution in [0.2, 0.25) is 0 Å². The van der Waals surface area contributed by atoms with Gasteiger partial charge in [-0.25, -0.2) is 4.98 Å². The van der Waals surface area contributed by atoms with Crippen LogP contribution >= 0.6 is 11.3 Å². The van der Waals surface area contributed by atoms with Gasteiger partial charge in [-0.05, 0) is 24.6 Å². The molecule has 1 aromatic heterocycles. The number of anilines is 1. The van der Waals surface area contributed by atoms with Gasteiger partial charge in [0.1, 0.15) is 5.54 Å². The van der Waals surface area contributed by atoms with Crippen molar-refractivity contribution >= 4 is 33.1 Å². The van der Waals surface area contributed by atoms with Crippen molar-refractivity contribution in [2.45, 2.75) is 12.0 Å². The van der Waals surface area contributed by atoms with E-state index in [1.54, 1.807) is 16.8 Å². The van der Waals surface area contributed by atoms with Gasteiger partial charge in [0.15, 0.2) is 0 Å². The SMILES string of the molecule is NC1(C(=O)Nc2ccc3ncsc3c2)CCOC1. The van der Waals surface area contributed by atoms with Gasteiger partial charge in [-0.15, -0.1) is 11.3 Å². The van der Waals surface area contributed by atoms with Crippen molar-refractivity contribution in [2.24, 2.45) is 5.73 Å². The van der Waals surface area contributed by atoms with Crippen LogP contribution in [0.15, 0.2) is 23.7 Å². The van der Waals surface area contributed by atoms with Crippen LogP contribution in [0.4, 0.5) is 5.69 Å². The number of nitrogens with zero attached hydrogens (tertiary/aromatic N) is 1. The second kappa shape index (κ2) is 4.31. The van der Waals surface area contributed by atoms with Crippen LogP contribution in [0.1, 0.15) is 6.42 Å². The molecule has 1 amide bonds. The second-order valence-corrected chi connectivity index (χ2v) is 5.33. The topological polar surface area (TPSA) is 77.2 Å². The highest BCUT2D eigenvalue weighted by atomic mass is 32.1. The zero-order valence-electron chi connectivity index (χ0n) is 9.68. The molecule has 1 aromatic carbocycles. The van der Waals surface area contributed by atoms with Crippen LogP contribution in [-0.2, 0) is 9.53 Å². The molecule has 2 aromatic rings. The first-order valence-corrected chi connectivity index (χ1v) is 6.57. The van der Waals surface area contributed by atoms with Crippen molar-refractivity contribution in [1.82, 2.24) is 4.98 Å². The Kier molecular flexibility index (Phi) is 2.77. The first-order valence-electron chi connectivity index (χ1n) is 5.69. The first kappa shape index (κ1) is 11.6. The number of rotatable bonds is 2. The maximum Gasteiger partial charge on any atom is 0.246 e. The van der Waals surface area contributed by atoms with Crippen molar-refractivity contribution < 1.29 is 9.53 Å². The molecular weight excluding hydrogens is 250 g/mol. The lowest BCUT2D eigenvalue weighted by atomic mass is 9.99. The molecule has 1 aliphatic heterocycles. The van der Waals surface area contributed by atoms with Crippen molar-refractivity contribution in [3.8, 4) is 0 Å². The molecular formula is C12H13N3O2S. The summed E-state index contributed by atoms with van der Waals surface area (Å²) in [5.41, 5.74) is 8.56. The van der Waals surface area contributed by atoms with Crippen LogP contribution in [0.25, 0.3) is 10.2 Å². The molecule has 0 aliphatic carbocycles. The fraction of sp³-hybridized carbons (Fsp3) is 0.333. The Morgan fingerprint density at radius 2 is 2.44 bits per heavy atom. The fourth-order valence-electron chi connectivity index (χ4n) is 1.95. The van der Waals surface area contributed by atoms with E-state index in [1.165, 1.54) is 0 Å². The second-order valence-electron chi connectivity index (χ2n) is 4.45. The number of hydrogen-bond acceptors (Lipinski definition) is 5. The van der Waals surface area contributed by atoms with Gasteiger partial charge >= 0.3 is 0 Å². The molecule has 1 atom stereocenters. The van der Waals surface area contributed by atoms with Gasteiger partial charge in [0.2, 0.25) is 5.91 Å². The molecule has 6 heteroatoms. The Morgan fingerprint density at radius 3 is 3.22 bits per heavy atom. The van der Waals surface area contributed by atoms with Gasteiger partial charge in [0.05, 0.1) is 22.3 Å². The molecule has 1 aliphatic rings. The predicted molar refractivity (Wildman–Crippen MR) is 70.6 cm³/mol. The summed E-state index contributed by atoms with van der Waals surface area (Å²) in [6.07, 6.45) is 0.557. The highest BCUT2D eigenvalue weighted by molar-refractivity contribution is 7.16. The number of hydrogen-bond donors (Lipinski definition) is 2. The predicted octanol–water partition coefficient (Wildman–Crippen LogP) is 1.35. The van der Waals surface area contributed by atoms with E-state index in [-0.39, 0.29) is 12.5 Å². The van der Waals surface area contributed by atoms with Crippen molar-refractivity contribution in [2.75, 3.05) is 18.5 Å². The smallest absolute Gasteiger partial charge is 0.246 e. The van der Waals surface area contributed by atoms with Gasteiger partial charge in [-0.2, -0.15) is 0 Å². The average molecular weight is 263 g/mol. The molecule has 1 fully saturated rings. The number of aromatic nitrogens is 1. The van der Waals surface area contributed by atoms with Crippen LogP contribution < -0.4 is 11.1 Å². The lowest BCUT2D eigenvalue weighted by Gasteiger charge is -2.20. The first-order chi connectivity index (χ1) is 8.67. The molecule has 0 spiro atoms. The number of carbonyl (C=O) groups excluding carboxylic acids is 1. The van der Waals surface area contributed by atoms with Gasteiger partial charge < -0.3 is 15.8 Å². The van der Waals surface area contributed by atoms with E-state index in [2.05, 4.69) is 10.3 Å². The summed E-state index contributed by atoms with van der Waals surface area (Å²) >= 11 is 1.54. The van der Waals surface area contributed by atoms with Crippen LogP contribution in [0.3, 0.4) is 0 Å². The zero-order chi connectivity index (χ0) is 12.6. The molecule has 5 nitrogen and oxygen atoms in total. The molecule has 18 heavy (non-hydrogen) atoms. The highest BCUT2D eigenvalue weighted by Crippen LogP contribution is 2.23. The van der Waals surface area contributed by atoms with E-state index in [9.17, 15) is 4.79 Å². The van der Waals surface area contributed by atoms with E-state index in [1.807, 2.05) is 18.2 Å². The monoisotopic (exact) mass is 263 g/mol. The summed E-state index contributed by atoms with van der Waals surface area (Å²) < 4.78 is 6.23. The number of nitrogens with one attached hydrogen (secondary N) is 1. The summed E-state index contributed by atoms with van der Waals surface area (Å²) in [5, 5.41) is 2.84. The van der Waals surface area contributed by atoms with E-state index in [0.717, 1.165) is 15.9 Å². The Bertz CT molecular complexity index is 590. The van der Waals surface area contributed by atoms with Crippen molar-refractivity contribution in [3.05, 3.63) is 23.7 Å². The van der Waals surface area contributed by atoms with Crippen molar-refractivity contribution in [3.63, 3.8) is 0 Å². The number of fused-ring (bicyclic) bond motifs is 1. The standard InChI is InChI=1S/C12H13N3O2S/c13-12(3-4-17-6-12)11(16)15-8-1-2-9-10(5-8)18-7-14-9/h1-2,5,7H,3-4,6,13H2,(H,15,16). The molecule has 2 heterocycles. The van der Waals surface area contributed by atoms with Crippen molar-refractivity contribution in [1.29, 1.82) is 0 Å². The molecule has 3 N–H and O–H groups in total. The fourth-order valence-corrected chi connectivity index (χ4v) is 2.66. The minimum atomic E-state index is -0.900. The minimum Gasteiger partial charge on any atom is -0.379 e. The molecule has 1 saturated heterocycles. The Balaban J connectivity index is 1.81. The van der Waals surface area contributed by atoms with Gasteiger partial charge in [0, 0.05) is 12.3 Å². The van der Waals surface area contributed by atoms with E-state index in [0.29, 0.717) is 13.0 Å². The molecule has 0 saturated carbocycles. The maximum atomic E-state index is 12.1. The minimum absolute atomic E-state index is 0.191. The Hall–Kier alpha value is -1.50. The van der Waals surface area contributed by atoms with Gasteiger partial charge in [-0.3, -0.25) is 4.79 Å². The molecule has 94 valence electrons. The molecule has 0 bridgehead atoms. The van der Waals surface area contributed by atoms with Crippen LogP contribution in [-0.4, -0.2) is 29.6 Å². The third kappa shape index (κ3) is 1.98. The van der Waals surface area contributed by atoms with Gasteiger partial charge in [-0.1, -0.05) is 0 Å². The van der Waals surface area contributed by atoms with Crippen LogP contribution in [0.5, 0.6) is 0 Å². The molecule has 1 unspecified atom stereocenters. The third-order valence-corrected chi connectivity index (χ3v) is 3.89. The Labute approximate surface area is 108 Å². The quantitative estimate of drug-likeness (QED) is 0.857. The summed E-state index contributed by atoms with van der Waals surface area (Å²) in [6.45, 7) is 0.819. The lowest BCUT2D eigenvalue weighted by Crippen LogP contribution is -2.51. The summed E-state index contributed by atoms with van der Waals surface area (Å²) in [4.78, 5) is 16.3. The number of carbonyl (C=O) groups is 1. The molecule has 3 rings (SSSR count). The summed E-state index contributed by atoms with van der Waals surface area (Å²) in [6, 6.07) is 5.62. The number of ether oxygens (including phenoxy) is 1.